The van der Waals surface area contributed by atoms with Gasteiger partial charge in [-0.2, -0.15) is 11.3 Å². The number of aromatic hydroxyl groups is 1. The minimum atomic E-state index is -0.174. The fraction of sp³-hybridized carbons (Fsp3) is 0.0526. The van der Waals surface area contributed by atoms with Crippen LogP contribution in [0.25, 0.3) is 10.9 Å². The molecular formula is C19H15N3OS. The van der Waals surface area contributed by atoms with E-state index in [1.165, 1.54) is 0 Å². The van der Waals surface area contributed by atoms with Gasteiger partial charge in [0.05, 0.1) is 11.7 Å². The summed E-state index contributed by atoms with van der Waals surface area (Å²) in [4.78, 5) is 8.47. The highest BCUT2D eigenvalue weighted by molar-refractivity contribution is 7.08. The molecule has 1 atom stereocenters. The van der Waals surface area contributed by atoms with Crippen LogP contribution in [0.1, 0.15) is 17.2 Å². The van der Waals surface area contributed by atoms with Crippen LogP contribution < -0.4 is 5.32 Å². The van der Waals surface area contributed by atoms with E-state index in [2.05, 4.69) is 26.7 Å². The van der Waals surface area contributed by atoms with E-state index in [1.54, 1.807) is 29.9 Å². The molecule has 3 aromatic heterocycles. The molecule has 0 aliphatic carbocycles. The third kappa shape index (κ3) is 2.70. The maximum Gasteiger partial charge on any atom is 0.147 e. The molecule has 0 saturated carbocycles. The summed E-state index contributed by atoms with van der Waals surface area (Å²) < 4.78 is 0. The van der Waals surface area contributed by atoms with Crippen LogP contribution in [0.4, 0.5) is 5.69 Å². The van der Waals surface area contributed by atoms with Crippen LogP contribution >= 0.6 is 11.3 Å². The molecule has 0 saturated heterocycles. The number of phenols is 1. The van der Waals surface area contributed by atoms with Crippen LogP contribution in [0.2, 0.25) is 0 Å². The number of nitrogens with one attached hydrogen (secondary N) is 1. The zero-order chi connectivity index (χ0) is 16.4. The molecule has 4 rings (SSSR count). The van der Waals surface area contributed by atoms with Crippen molar-refractivity contribution in [1.29, 1.82) is 0 Å². The number of fused-ring (bicyclic) bond motifs is 1. The van der Waals surface area contributed by atoms with Crippen molar-refractivity contribution in [3.8, 4) is 5.75 Å². The van der Waals surface area contributed by atoms with Gasteiger partial charge in [-0.3, -0.25) is 9.97 Å². The predicted octanol–water partition coefficient (Wildman–Crippen LogP) is 4.60. The fourth-order valence-corrected chi connectivity index (χ4v) is 3.46. The molecule has 0 spiro atoms. The summed E-state index contributed by atoms with van der Waals surface area (Å²) in [5, 5.41) is 19.3. The molecule has 0 unspecified atom stereocenters. The predicted molar refractivity (Wildman–Crippen MR) is 97.4 cm³/mol. The molecule has 3 heterocycles. The third-order valence-corrected chi connectivity index (χ3v) is 4.64. The standard InChI is InChI=1S/C19H15N3OS/c23-19-16(6-5-13-3-1-9-21-18(13)19)17(14-7-10-24-12-14)22-15-4-2-8-20-11-15/h1-12,17,22-23H/t17-/m0/s1. The Bertz CT molecular complexity index is 955. The molecule has 1 aromatic carbocycles. The molecule has 0 aliphatic heterocycles. The molecule has 0 fully saturated rings. The number of hydrogen-bond acceptors (Lipinski definition) is 5. The second kappa shape index (κ2) is 6.29. The number of anilines is 1. The maximum atomic E-state index is 10.8. The van der Waals surface area contributed by atoms with Crippen molar-refractivity contribution in [2.24, 2.45) is 0 Å². The molecule has 0 amide bonds. The minimum Gasteiger partial charge on any atom is -0.505 e. The molecule has 0 radical (unpaired) electrons. The topological polar surface area (TPSA) is 58.0 Å². The van der Waals surface area contributed by atoms with Crippen LogP contribution in [0.15, 0.2) is 71.8 Å². The van der Waals surface area contributed by atoms with Gasteiger partial charge in [0.15, 0.2) is 0 Å². The molecule has 0 bridgehead atoms. The van der Waals surface area contributed by atoms with Crippen LogP contribution in [-0.2, 0) is 0 Å². The summed E-state index contributed by atoms with van der Waals surface area (Å²) in [5.41, 5.74) is 3.40. The lowest BCUT2D eigenvalue weighted by Gasteiger charge is -2.21. The van der Waals surface area contributed by atoms with Gasteiger partial charge in [0.2, 0.25) is 0 Å². The average Bonchev–Trinajstić information content (AvgIpc) is 3.16. The summed E-state index contributed by atoms with van der Waals surface area (Å²) in [7, 11) is 0. The summed E-state index contributed by atoms with van der Waals surface area (Å²) in [5.74, 6) is 0.209. The lowest BCUT2D eigenvalue weighted by Crippen LogP contribution is -2.12. The number of hydrogen-bond donors (Lipinski definition) is 2. The van der Waals surface area contributed by atoms with E-state index in [0.29, 0.717) is 5.52 Å². The Balaban J connectivity index is 1.83. The van der Waals surface area contributed by atoms with Crippen molar-refractivity contribution in [3.05, 3.63) is 82.9 Å². The van der Waals surface area contributed by atoms with Crippen molar-refractivity contribution in [3.63, 3.8) is 0 Å². The Morgan fingerprint density at radius 2 is 1.96 bits per heavy atom. The minimum absolute atomic E-state index is 0.174. The molecule has 4 nitrogen and oxygen atoms in total. The molecule has 4 aromatic rings. The maximum absolute atomic E-state index is 10.8. The van der Waals surface area contributed by atoms with E-state index in [1.807, 2.05) is 41.8 Å². The van der Waals surface area contributed by atoms with Gasteiger partial charge in [-0.25, -0.2) is 0 Å². The van der Waals surface area contributed by atoms with E-state index in [4.69, 9.17) is 0 Å². The summed E-state index contributed by atoms with van der Waals surface area (Å²) >= 11 is 1.63. The Morgan fingerprint density at radius 1 is 1.04 bits per heavy atom. The van der Waals surface area contributed by atoms with Crippen molar-refractivity contribution >= 4 is 27.9 Å². The highest BCUT2D eigenvalue weighted by Gasteiger charge is 2.20. The Morgan fingerprint density at radius 3 is 2.75 bits per heavy atom. The van der Waals surface area contributed by atoms with E-state index < -0.39 is 0 Å². The lowest BCUT2D eigenvalue weighted by atomic mass is 9.98. The molecule has 5 heteroatoms. The zero-order valence-electron chi connectivity index (χ0n) is 12.8. The summed E-state index contributed by atoms with van der Waals surface area (Å²) in [6, 6.07) is 13.5. The van der Waals surface area contributed by atoms with Crippen molar-refractivity contribution < 1.29 is 5.11 Å². The molecular weight excluding hydrogens is 318 g/mol. The molecule has 118 valence electrons. The van der Waals surface area contributed by atoms with Crippen LogP contribution in [0, 0.1) is 0 Å². The number of pyridine rings is 2. The van der Waals surface area contributed by atoms with Crippen LogP contribution in [0.3, 0.4) is 0 Å². The summed E-state index contributed by atoms with van der Waals surface area (Å²) in [6.07, 6.45) is 5.21. The molecule has 2 N–H and O–H groups in total. The summed E-state index contributed by atoms with van der Waals surface area (Å²) in [6.45, 7) is 0. The first kappa shape index (κ1) is 14.7. The van der Waals surface area contributed by atoms with Gasteiger partial charge in [0.25, 0.3) is 0 Å². The SMILES string of the molecule is Oc1c([C@@H](Nc2cccnc2)c2ccsc2)ccc2cccnc12. The van der Waals surface area contributed by atoms with Crippen molar-refractivity contribution in [2.75, 3.05) is 5.32 Å². The van der Waals surface area contributed by atoms with Crippen LogP contribution in [-0.4, -0.2) is 15.1 Å². The van der Waals surface area contributed by atoms with E-state index in [9.17, 15) is 5.11 Å². The van der Waals surface area contributed by atoms with Gasteiger partial charge in [-0.1, -0.05) is 18.2 Å². The van der Waals surface area contributed by atoms with Gasteiger partial charge >= 0.3 is 0 Å². The number of phenolic OH excluding ortho intramolecular Hbond substituents is 1. The molecule has 0 aliphatic rings. The van der Waals surface area contributed by atoms with Crippen molar-refractivity contribution in [2.45, 2.75) is 6.04 Å². The van der Waals surface area contributed by atoms with Gasteiger partial charge in [-0.15, -0.1) is 0 Å². The third-order valence-electron chi connectivity index (χ3n) is 3.94. The van der Waals surface area contributed by atoms with Gasteiger partial charge in [0.1, 0.15) is 11.3 Å². The zero-order valence-corrected chi connectivity index (χ0v) is 13.6. The quantitative estimate of drug-likeness (QED) is 0.573. The van der Waals surface area contributed by atoms with E-state index in [0.717, 1.165) is 22.2 Å². The fourth-order valence-electron chi connectivity index (χ4n) is 2.77. The first-order valence-electron chi connectivity index (χ1n) is 7.58. The first-order valence-corrected chi connectivity index (χ1v) is 8.52. The first-order chi connectivity index (χ1) is 11.8. The van der Waals surface area contributed by atoms with Gasteiger partial charge < -0.3 is 10.4 Å². The normalized spacial score (nSPS) is 12.2. The Kier molecular flexibility index (Phi) is 3.84. The number of aromatic nitrogens is 2. The Labute approximate surface area is 143 Å². The molecule has 24 heavy (non-hydrogen) atoms. The smallest absolute Gasteiger partial charge is 0.147 e. The second-order valence-corrected chi connectivity index (χ2v) is 6.23. The van der Waals surface area contributed by atoms with E-state index in [-0.39, 0.29) is 11.8 Å². The number of nitrogens with zero attached hydrogens (tertiary/aromatic N) is 2. The second-order valence-electron chi connectivity index (χ2n) is 5.45. The lowest BCUT2D eigenvalue weighted by molar-refractivity contribution is 0.472. The van der Waals surface area contributed by atoms with E-state index >= 15 is 0 Å². The van der Waals surface area contributed by atoms with Crippen LogP contribution in [0.5, 0.6) is 5.75 Å². The van der Waals surface area contributed by atoms with Gasteiger partial charge in [0, 0.05) is 29.5 Å². The Hall–Kier alpha value is -2.92. The highest BCUT2D eigenvalue weighted by atomic mass is 32.1. The van der Waals surface area contributed by atoms with Crippen molar-refractivity contribution in [1.82, 2.24) is 9.97 Å². The van der Waals surface area contributed by atoms with Gasteiger partial charge in [-0.05, 0) is 40.6 Å². The highest BCUT2D eigenvalue weighted by Crippen LogP contribution is 2.36. The number of thiophene rings is 1. The number of rotatable bonds is 4. The average molecular weight is 333 g/mol. The monoisotopic (exact) mass is 333 g/mol. The number of benzene rings is 1. The largest absolute Gasteiger partial charge is 0.505 e.